The number of rotatable bonds is 4. The highest BCUT2D eigenvalue weighted by atomic mass is 32.2. The summed E-state index contributed by atoms with van der Waals surface area (Å²) in [5, 5.41) is 20.3. The number of Topliss-reactive ketones (excluding diaryl/α,β-unsaturated/α-hetero) is 1. The Hall–Kier alpha value is -2.51. The zero-order chi connectivity index (χ0) is 34.2. The second-order valence-electron chi connectivity index (χ2n) is 15.8. The molecule has 48 heavy (non-hydrogen) atoms. The normalized spacial score (nSPS) is 36.6. The molecular formula is C36H48N2O8S2. The Morgan fingerprint density at radius 3 is 1.75 bits per heavy atom. The molecule has 6 aliphatic rings. The lowest BCUT2D eigenvalue weighted by molar-refractivity contribution is -0.129. The minimum atomic E-state index is -3.99. The number of carbonyl (C=O) groups excluding carboxylic acids is 1. The molecule has 4 saturated carbocycles. The van der Waals surface area contributed by atoms with Gasteiger partial charge < -0.3 is 13.5 Å². The maximum absolute atomic E-state index is 12.3. The summed E-state index contributed by atoms with van der Waals surface area (Å²) in [6, 6.07) is 11.0. The van der Waals surface area contributed by atoms with Gasteiger partial charge in [0.25, 0.3) is 0 Å². The number of ketones is 1. The minimum absolute atomic E-state index is 0.0787. The summed E-state index contributed by atoms with van der Waals surface area (Å²) in [7, 11) is -7.97. The van der Waals surface area contributed by atoms with Crippen LogP contribution >= 0.6 is 0 Å². The van der Waals surface area contributed by atoms with Gasteiger partial charge in [0.2, 0.25) is 0 Å². The van der Waals surface area contributed by atoms with Crippen molar-refractivity contribution in [2.24, 2.45) is 44.8 Å². The Morgan fingerprint density at radius 1 is 0.688 bits per heavy atom. The SMILES string of the molecule is C[C@]12CCC3c4ccc(OS(N)(=O)=O)cc4CCC3C1CCC2=O.C[C@]12CC[C@@H]3c4ccc(OS(N)(=O)=O)cc4CC[C@H]3[C@@H]1CC[C@@H]2O. The van der Waals surface area contributed by atoms with Crippen molar-refractivity contribution in [3.8, 4) is 11.5 Å². The molecule has 0 saturated heterocycles. The van der Waals surface area contributed by atoms with Gasteiger partial charge in [-0.05, 0) is 158 Å². The number of aliphatic hydroxyl groups excluding tert-OH is 1. The number of hydrogen-bond acceptors (Lipinski definition) is 8. The van der Waals surface area contributed by atoms with E-state index in [0.717, 1.165) is 82.6 Å². The second kappa shape index (κ2) is 12.1. The first-order valence-corrected chi connectivity index (χ1v) is 20.4. The van der Waals surface area contributed by atoms with E-state index in [-0.39, 0.29) is 22.7 Å². The third-order valence-corrected chi connectivity index (χ3v) is 14.3. The minimum Gasteiger partial charge on any atom is -0.393 e. The molecule has 3 unspecified atom stereocenters. The van der Waals surface area contributed by atoms with Crippen LogP contribution in [0.5, 0.6) is 11.5 Å². The third kappa shape index (κ3) is 6.10. The molecule has 0 bridgehead atoms. The van der Waals surface area contributed by atoms with Gasteiger partial charge in [-0.2, -0.15) is 27.1 Å². The lowest BCUT2D eigenvalue weighted by Gasteiger charge is -2.50. The van der Waals surface area contributed by atoms with E-state index >= 15 is 0 Å². The van der Waals surface area contributed by atoms with Gasteiger partial charge in [0.1, 0.15) is 17.3 Å². The smallest absolute Gasteiger partial charge is 0.380 e. The number of aryl methyl sites for hydroxylation is 2. The number of carbonyl (C=O) groups is 1. The van der Waals surface area contributed by atoms with Crippen LogP contribution in [0.3, 0.4) is 0 Å². The van der Waals surface area contributed by atoms with Crippen molar-refractivity contribution in [1.29, 1.82) is 0 Å². The first kappa shape index (κ1) is 34.0. The van der Waals surface area contributed by atoms with E-state index in [9.17, 15) is 26.7 Å². The van der Waals surface area contributed by atoms with Crippen LogP contribution in [0.4, 0.5) is 0 Å². The van der Waals surface area contributed by atoms with Gasteiger partial charge in [-0.15, -0.1) is 0 Å². The molecule has 0 radical (unpaired) electrons. The van der Waals surface area contributed by atoms with E-state index in [2.05, 4.69) is 13.8 Å². The molecule has 0 spiro atoms. The second-order valence-corrected chi connectivity index (χ2v) is 18.1. The summed E-state index contributed by atoms with van der Waals surface area (Å²) in [4.78, 5) is 12.3. The van der Waals surface area contributed by atoms with Crippen molar-refractivity contribution in [1.82, 2.24) is 0 Å². The summed E-state index contributed by atoms with van der Waals surface area (Å²) >= 11 is 0. The van der Waals surface area contributed by atoms with Crippen molar-refractivity contribution >= 4 is 26.4 Å². The number of fused-ring (bicyclic) bond motifs is 10. The van der Waals surface area contributed by atoms with Crippen LogP contribution in [0.25, 0.3) is 0 Å². The van der Waals surface area contributed by atoms with Crippen LogP contribution < -0.4 is 18.6 Å². The predicted octanol–water partition coefficient (Wildman–Crippen LogP) is 5.18. The van der Waals surface area contributed by atoms with E-state index in [1.807, 2.05) is 24.3 Å². The summed E-state index contributed by atoms with van der Waals surface area (Å²) in [5.74, 6) is 4.30. The predicted molar refractivity (Wildman–Crippen MR) is 181 cm³/mol. The molecule has 262 valence electrons. The first-order chi connectivity index (χ1) is 22.6. The van der Waals surface area contributed by atoms with Crippen molar-refractivity contribution in [3.63, 3.8) is 0 Å². The fraction of sp³-hybridized carbons (Fsp3) is 0.639. The van der Waals surface area contributed by atoms with Crippen molar-refractivity contribution in [3.05, 3.63) is 58.7 Å². The largest absolute Gasteiger partial charge is 0.393 e. The zero-order valence-electron chi connectivity index (χ0n) is 27.8. The van der Waals surface area contributed by atoms with Crippen LogP contribution in [0.15, 0.2) is 36.4 Å². The summed E-state index contributed by atoms with van der Waals surface area (Å²) in [6.45, 7) is 4.44. The average molecular weight is 701 g/mol. The van der Waals surface area contributed by atoms with E-state index in [0.29, 0.717) is 47.0 Å². The highest BCUT2D eigenvalue weighted by Gasteiger charge is 2.55. The van der Waals surface area contributed by atoms with Gasteiger partial charge in [-0.1, -0.05) is 26.0 Å². The maximum atomic E-state index is 12.3. The standard InChI is InChI=1S/C18H25NO4S.C18H23NO4S/c2*1-18-9-8-14-13-5-3-12(23-24(19,21)22)10-11(13)2-4-15(14)16(18)6-7-17(18)20/h3,5,10,14-17,20H,2,4,6-9H2,1H3,(H2,19,21,22);3,5,10,14-16H,2,4,6-9H2,1H3,(H2,19,21,22)/t14-,15-,16+,17+,18+;14?,15?,16?,18-/m10/s1. The fourth-order valence-electron chi connectivity index (χ4n) is 11.2. The Labute approximate surface area is 284 Å². The molecule has 0 aromatic heterocycles. The van der Waals surface area contributed by atoms with E-state index in [4.69, 9.17) is 18.6 Å². The molecule has 0 aliphatic heterocycles. The van der Waals surface area contributed by atoms with Gasteiger partial charge in [0.15, 0.2) is 0 Å². The van der Waals surface area contributed by atoms with Gasteiger partial charge in [-0.25, -0.2) is 0 Å². The molecule has 0 heterocycles. The van der Waals surface area contributed by atoms with Gasteiger partial charge in [-0.3, -0.25) is 4.79 Å². The van der Waals surface area contributed by atoms with Crippen LogP contribution in [0.2, 0.25) is 0 Å². The Bertz CT molecular complexity index is 1830. The molecule has 6 aliphatic carbocycles. The third-order valence-electron chi connectivity index (χ3n) is 13.5. The molecule has 12 heteroatoms. The Morgan fingerprint density at radius 2 is 1.21 bits per heavy atom. The highest BCUT2D eigenvalue weighted by molar-refractivity contribution is 7.85. The van der Waals surface area contributed by atoms with Crippen molar-refractivity contribution in [2.75, 3.05) is 0 Å². The monoisotopic (exact) mass is 700 g/mol. The lowest BCUT2D eigenvalue weighted by Crippen LogP contribution is -2.43. The first-order valence-electron chi connectivity index (χ1n) is 17.5. The van der Waals surface area contributed by atoms with Crippen LogP contribution in [0.1, 0.15) is 112 Å². The average Bonchev–Trinajstić information content (AvgIpc) is 3.49. The van der Waals surface area contributed by atoms with Gasteiger partial charge in [0.05, 0.1) is 6.10 Å². The quantitative estimate of drug-likeness (QED) is 0.391. The van der Waals surface area contributed by atoms with E-state index in [1.165, 1.54) is 16.7 Å². The number of hydrogen-bond donors (Lipinski definition) is 3. The molecule has 2 aromatic rings. The van der Waals surface area contributed by atoms with E-state index < -0.39 is 20.6 Å². The summed E-state index contributed by atoms with van der Waals surface area (Å²) in [6.07, 6.45) is 11.8. The number of aliphatic hydroxyl groups is 1. The van der Waals surface area contributed by atoms with E-state index in [1.54, 1.807) is 12.1 Å². The summed E-state index contributed by atoms with van der Waals surface area (Å²) < 4.78 is 54.1. The van der Waals surface area contributed by atoms with Gasteiger partial charge in [0, 0.05) is 11.8 Å². The topological polar surface area (TPSA) is 176 Å². The molecule has 4 fully saturated rings. The van der Waals surface area contributed by atoms with Crippen LogP contribution in [0, 0.1) is 34.5 Å². The van der Waals surface area contributed by atoms with Crippen molar-refractivity contribution in [2.45, 2.75) is 109 Å². The number of benzene rings is 2. The lowest BCUT2D eigenvalue weighted by atomic mass is 9.55. The Balaban J connectivity index is 0.000000152. The molecule has 2 aromatic carbocycles. The molecule has 0 amide bonds. The van der Waals surface area contributed by atoms with Crippen molar-refractivity contribution < 1.29 is 35.1 Å². The number of nitrogens with two attached hydrogens (primary N) is 2. The Kier molecular flexibility index (Phi) is 8.54. The molecule has 5 N–H and O–H groups in total. The molecule has 8 rings (SSSR count). The maximum Gasteiger partial charge on any atom is 0.380 e. The fourth-order valence-corrected chi connectivity index (χ4v) is 12.0. The molecular weight excluding hydrogens is 653 g/mol. The zero-order valence-corrected chi connectivity index (χ0v) is 29.4. The van der Waals surface area contributed by atoms with Crippen LogP contribution in [-0.2, 0) is 38.2 Å². The van der Waals surface area contributed by atoms with Gasteiger partial charge >= 0.3 is 20.6 Å². The summed E-state index contributed by atoms with van der Waals surface area (Å²) in [5.41, 5.74) is 4.93. The molecule has 9 atom stereocenters. The van der Waals surface area contributed by atoms with Crippen LogP contribution in [-0.4, -0.2) is 33.8 Å². The highest BCUT2D eigenvalue weighted by Crippen LogP contribution is 2.61. The molecule has 10 nitrogen and oxygen atoms in total.